The fourth-order valence-electron chi connectivity index (χ4n) is 5.59. The number of nitrogens with zero attached hydrogens (tertiary/aromatic N) is 1. The average molecular weight is 473 g/mol. The molecule has 0 amide bonds. The van der Waals surface area contributed by atoms with Crippen LogP contribution in [0.15, 0.2) is 48.5 Å². The minimum atomic E-state index is 0.0924. The summed E-state index contributed by atoms with van der Waals surface area (Å²) in [6.45, 7) is 4.07. The molecule has 3 aromatic carbocycles. The van der Waals surface area contributed by atoms with Crippen molar-refractivity contribution in [2.45, 2.75) is 51.4 Å². The van der Waals surface area contributed by atoms with Gasteiger partial charge < -0.3 is 20.7 Å². The highest BCUT2D eigenvalue weighted by Crippen LogP contribution is 2.43. The monoisotopic (exact) mass is 472 g/mol. The van der Waals surface area contributed by atoms with Gasteiger partial charge in [-0.25, -0.2) is 0 Å². The van der Waals surface area contributed by atoms with Gasteiger partial charge in [0.1, 0.15) is 23.9 Å². The molecule has 184 valence electrons. The molecule has 2 aliphatic rings. The molecule has 5 heteroatoms. The summed E-state index contributed by atoms with van der Waals surface area (Å²) in [5, 5.41) is 21.2. The Morgan fingerprint density at radius 1 is 0.800 bits per heavy atom. The van der Waals surface area contributed by atoms with Gasteiger partial charge in [0, 0.05) is 12.1 Å². The van der Waals surface area contributed by atoms with Crippen LogP contribution in [0, 0.1) is 0 Å². The fourth-order valence-corrected chi connectivity index (χ4v) is 5.59. The van der Waals surface area contributed by atoms with Crippen LogP contribution < -0.4 is 10.5 Å². The summed E-state index contributed by atoms with van der Waals surface area (Å²) < 4.78 is 5.94. The van der Waals surface area contributed by atoms with Gasteiger partial charge in [0.25, 0.3) is 0 Å². The average Bonchev–Trinajstić information content (AvgIpc) is 3.40. The van der Waals surface area contributed by atoms with Gasteiger partial charge in [-0.1, -0.05) is 24.3 Å². The molecule has 0 unspecified atom stereocenters. The number of anilines is 1. The molecular formula is C30H36N2O3. The number of hydrogen-bond donors (Lipinski definition) is 3. The second kappa shape index (κ2) is 10.6. The van der Waals surface area contributed by atoms with Gasteiger partial charge in [-0.2, -0.15) is 0 Å². The molecule has 0 atom stereocenters. The molecule has 1 aliphatic heterocycles. The first kappa shape index (κ1) is 23.6. The van der Waals surface area contributed by atoms with E-state index in [1.165, 1.54) is 49.0 Å². The molecular weight excluding hydrogens is 436 g/mol. The maximum absolute atomic E-state index is 10.8. The topological polar surface area (TPSA) is 79.0 Å². The number of likely N-dealkylation sites (tertiary alicyclic amines) is 1. The van der Waals surface area contributed by atoms with Gasteiger partial charge in [0.2, 0.25) is 0 Å². The Kier molecular flexibility index (Phi) is 7.14. The Bertz CT molecular complexity index is 1170. The van der Waals surface area contributed by atoms with Gasteiger partial charge in [-0.3, -0.25) is 4.90 Å². The van der Waals surface area contributed by atoms with E-state index in [2.05, 4.69) is 17.0 Å². The number of benzene rings is 3. The summed E-state index contributed by atoms with van der Waals surface area (Å²) in [5.74, 6) is 1.27. The highest BCUT2D eigenvalue weighted by molar-refractivity contribution is 5.82. The molecule has 4 N–H and O–H groups in total. The van der Waals surface area contributed by atoms with Crippen molar-refractivity contribution >= 4 is 5.69 Å². The maximum Gasteiger partial charge on any atom is 0.138 e. The van der Waals surface area contributed by atoms with E-state index < -0.39 is 0 Å². The van der Waals surface area contributed by atoms with Crippen molar-refractivity contribution < 1.29 is 14.9 Å². The number of fused-ring (bicyclic) bond motifs is 1. The van der Waals surface area contributed by atoms with Gasteiger partial charge in [-0.05, 0) is 117 Å². The summed E-state index contributed by atoms with van der Waals surface area (Å²) in [5.41, 5.74) is 13.2. The van der Waals surface area contributed by atoms with Crippen LogP contribution in [0.5, 0.6) is 17.2 Å². The molecule has 0 saturated carbocycles. The van der Waals surface area contributed by atoms with Crippen molar-refractivity contribution in [1.29, 1.82) is 0 Å². The van der Waals surface area contributed by atoms with Crippen LogP contribution in [0.4, 0.5) is 5.69 Å². The lowest BCUT2D eigenvalue weighted by Crippen LogP contribution is -2.25. The number of hydrogen-bond acceptors (Lipinski definition) is 5. The summed E-state index contributed by atoms with van der Waals surface area (Å²) >= 11 is 0. The lowest BCUT2D eigenvalue weighted by Gasteiger charge is -2.23. The minimum absolute atomic E-state index is 0.0924. The third-order valence-corrected chi connectivity index (χ3v) is 7.58. The van der Waals surface area contributed by atoms with Gasteiger partial charge in [-0.15, -0.1) is 0 Å². The molecule has 0 spiro atoms. The summed E-state index contributed by atoms with van der Waals surface area (Å²) in [4.78, 5) is 2.45. The molecule has 1 heterocycles. The van der Waals surface area contributed by atoms with Crippen LogP contribution in [0.2, 0.25) is 0 Å². The SMILES string of the molecule is Nc1c(O)ccc(-c2c(O)ccc3c2CCCC3)c1CCc1ccc(OCCN2CCCC2)cc1. The summed E-state index contributed by atoms with van der Waals surface area (Å²) in [6.07, 6.45) is 8.35. The first-order chi connectivity index (χ1) is 17.1. The van der Waals surface area contributed by atoms with Crippen molar-refractivity contribution in [3.63, 3.8) is 0 Å². The first-order valence-electron chi connectivity index (χ1n) is 13.0. The normalized spacial score (nSPS) is 15.8. The Morgan fingerprint density at radius 2 is 1.54 bits per heavy atom. The minimum Gasteiger partial charge on any atom is -0.507 e. The second-order valence-electron chi connectivity index (χ2n) is 9.87. The molecule has 5 rings (SSSR count). The van der Waals surface area contributed by atoms with Crippen molar-refractivity contribution in [1.82, 2.24) is 4.90 Å². The molecule has 0 aromatic heterocycles. The van der Waals surface area contributed by atoms with Crippen molar-refractivity contribution in [2.24, 2.45) is 0 Å². The number of nitrogen functional groups attached to an aromatic ring is 1. The van der Waals surface area contributed by atoms with Crippen LogP contribution in [0.3, 0.4) is 0 Å². The highest BCUT2D eigenvalue weighted by Gasteiger charge is 2.21. The molecule has 3 aromatic rings. The number of phenolic OH excluding ortho intramolecular Hbond substituents is 2. The van der Waals surface area contributed by atoms with E-state index in [4.69, 9.17) is 10.5 Å². The van der Waals surface area contributed by atoms with Crippen LogP contribution >= 0.6 is 0 Å². The Balaban J connectivity index is 1.32. The quantitative estimate of drug-likeness (QED) is 0.299. The smallest absolute Gasteiger partial charge is 0.138 e. The number of phenols is 2. The third kappa shape index (κ3) is 5.25. The van der Waals surface area contributed by atoms with Crippen LogP contribution in [0.1, 0.15) is 47.9 Å². The second-order valence-corrected chi connectivity index (χ2v) is 9.87. The van der Waals surface area contributed by atoms with E-state index in [1.807, 2.05) is 24.3 Å². The van der Waals surface area contributed by atoms with Gasteiger partial charge >= 0.3 is 0 Å². The number of ether oxygens (including phenoxy) is 1. The van der Waals surface area contributed by atoms with Crippen LogP contribution in [0.25, 0.3) is 11.1 Å². The largest absolute Gasteiger partial charge is 0.507 e. The number of nitrogens with two attached hydrogens (primary N) is 1. The number of rotatable bonds is 8. The first-order valence-corrected chi connectivity index (χ1v) is 13.0. The van der Waals surface area contributed by atoms with Crippen molar-refractivity contribution in [2.75, 3.05) is 32.0 Å². The highest BCUT2D eigenvalue weighted by atomic mass is 16.5. The zero-order valence-corrected chi connectivity index (χ0v) is 20.4. The molecule has 1 aliphatic carbocycles. The Hall–Kier alpha value is -3.18. The molecule has 0 radical (unpaired) electrons. The van der Waals surface area contributed by atoms with E-state index >= 15 is 0 Å². The summed E-state index contributed by atoms with van der Waals surface area (Å²) in [7, 11) is 0. The molecule has 0 bridgehead atoms. The van der Waals surface area contributed by atoms with E-state index in [9.17, 15) is 10.2 Å². The standard InChI is InChI=1S/C30H36N2O3/c31-30-26(13-9-21-7-11-23(12-8-21)35-20-19-32-17-3-4-18-32)25(14-16-28(30)34)29-24-6-2-1-5-22(24)10-15-27(29)33/h7-8,10-12,14-16,33-34H,1-6,9,13,17-20,31H2. The van der Waals surface area contributed by atoms with E-state index in [-0.39, 0.29) is 11.5 Å². The molecule has 1 fully saturated rings. The molecule has 35 heavy (non-hydrogen) atoms. The van der Waals surface area contributed by atoms with Crippen LogP contribution in [-0.2, 0) is 25.7 Å². The fraction of sp³-hybridized carbons (Fsp3) is 0.400. The van der Waals surface area contributed by atoms with E-state index in [1.54, 1.807) is 12.1 Å². The van der Waals surface area contributed by atoms with E-state index in [0.29, 0.717) is 18.7 Å². The predicted molar refractivity (Wildman–Crippen MR) is 141 cm³/mol. The zero-order chi connectivity index (χ0) is 24.2. The summed E-state index contributed by atoms with van der Waals surface area (Å²) in [6, 6.07) is 15.7. The van der Waals surface area contributed by atoms with E-state index in [0.717, 1.165) is 54.7 Å². The molecule has 1 saturated heterocycles. The zero-order valence-electron chi connectivity index (χ0n) is 20.4. The van der Waals surface area contributed by atoms with Gasteiger partial charge in [0.05, 0.1) is 5.69 Å². The van der Waals surface area contributed by atoms with Crippen molar-refractivity contribution in [3.8, 4) is 28.4 Å². The number of aryl methyl sites for hydroxylation is 2. The Morgan fingerprint density at radius 3 is 2.34 bits per heavy atom. The van der Waals surface area contributed by atoms with Crippen LogP contribution in [-0.4, -0.2) is 41.4 Å². The van der Waals surface area contributed by atoms with Gasteiger partial charge in [0.15, 0.2) is 0 Å². The molecule has 5 nitrogen and oxygen atoms in total. The van der Waals surface area contributed by atoms with Crippen molar-refractivity contribution in [3.05, 3.63) is 70.8 Å². The lowest BCUT2D eigenvalue weighted by molar-refractivity contribution is 0.238. The maximum atomic E-state index is 10.8. The third-order valence-electron chi connectivity index (χ3n) is 7.58. The Labute approximate surface area is 208 Å². The predicted octanol–water partition coefficient (Wildman–Crippen LogP) is 5.49. The lowest BCUT2D eigenvalue weighted by atomic mass is 9.83. The number of aromatic hydroxyl groups is 2.